The van der Waals surface area contributed by atoms with Gasteiger partial charge in [-0.2, -0.15) is 0 Å². The molecule has 0 saturated heterocycles. The molecule has 2 aromatic rings. The molecule has 0 bridgehead atoms. The van der Waals surface area contributed by atoms with Crippen LogP contribution < -0.4 is 10.6 Å². The molecule has 2 N–H and O–H groups in total. The Hall–Kier alpha value is -1.56. The Balaban J connectivity index is 0.00000220. The number of halogens is 2. The molecule has 0 fully saturated rings. The maximum absolute atomic E-state index is 12.1. The van der Waals surface area contributed by atoms with Crippen molar-refractivity contribution in [2.45, 2.75) is 13.8 Å². The Bertz CT molecular complexity index is 570. The van der Waals surface area contributed by atoms with Crippen LogP contribution in [0.5, 0.6) is 0 Å². The maximum atomic E-state index is 12.1. The van der Waals surface area contributed by atoms with Crippen LogP contribution in [0.1, 0.15) is 23.0 Å². The van der Waals surface area contributed by atoms with Crippen molar-refractivity contribution < 1.29 is 9.21 Å². The van der Waals surface area contributed by atoms with E-state index in [4.69, 9.17) is 4.42 Å². The molecule has 122 valence electrons. The van der Waals surface area contributed by atoms with Gasteiger partial charge >= 0.3 is 0 Å². The van der Waals surface area contributed by atoms with Crippen molar-refractivity contribution in [2.24, 2.45) is 0 Å². The molecule has 0 unspecified atom stereocenters. The molecule has 0 aliphatic rings. The number of carbonyl (C=O) groups is 1. The van der Waals surface area contributed by atoms with Gasteiger partial charge in [0.15, 0.2) is 17.8 Å². The quantitative estimate of drug-likeness (QED) is 0.790. The maximum Gasteiger partial charge on any atom is 0.273 e. The number of likely N-dealkylation sites (N-methyl/N-ethyl adjacent to an activating group) is 1. The van der Waals surface area contributed by atoms with E-state index in [1.54, 1.807) is 0 Å². The molecule has 1 amide bonds. The number of nitrogens with one attached hydrogen (secondary N) is 2. The predicted octanol–water partition coefficient (Wildman–Crippen LogP) is 2.83. The monoisotopic (exact) mass is 345 g/mol. The summed E-state index contributed by atoms with van der Waals surface area (Å²) in [5, 5.41) is 5.96. The summed E-state index contributed by atoms with van der Waals surface area (Å²) in [7, 11) is 0. The van der Waals surface area contributed by atoms with E-state index in [-0.39, 0.29) is 30.7 Å². The number of benzene rings is 1. The van der Waals surface area contributed by atoms with Crippen LogP contribution in [-0.2, 0) is 0 Å². The van der Waals surface area contributed by atoms with Gasteiger partial charge in [0.2, 0.25) is 0 Å². The summed E-state index contributed by atoms with van der Waals surface area (Å²) in [5.74, 6) is 0.290. The summed E-state index contributed by atoms with van der Waals surface area (Å²) in [4.78, 5) is 16.1. The lowest BCUT2D eigenvalue weighted by Crippen LogP contribution is -2.32. The fraction of sp³-hybridized carbons (Fsp3) is 0.333. The van der Waals surface area contributed by atoms with E-state index in [9.17, 15) is 4.79 Å². The number of rotatable bonds is 6. The lowest BCUT2D eigenvalue weighted by Gasteiger charge is -2.05. The first-order valence-corrected chi connectivity index (χ1v) is 6.71. The van der Waals surface area contributed by atoms with Gasteiger partial charge in [-0.05, 0) is 13.5 Å². The largest absolute Gasteiger partial charge is 0.443 e. The van der Waals surface area contributed by atoms with E-state index in [2.05, 4.69) is 15.6 Å². The zero-order chi connectivity index (χ0) is 14.4. The predicted molar refractivity (Wildman–Crippen MR) is 92.0 cm³/mol. The highest BCUT2D eigenvalue weighted by Gasteiger charge is 2.17. The number of hydrogen-bond acceptors (Lipinski definition) is 4. The molecule has 2 rings (SSSR count). The van der Waals surface area contributed by atoms with Crippen LogP contribution in [0, 0.1) is 6.92 Å². The molecular weight excluding hydrogens is 325 g/mol. The van der Waals surface area contributed by atoms with Gasteiger partial charge in [0.1, 0.15) is 0 Å². The third kappa shape index (κ3) is 5.33. The van der Waals surface area contributed by atoms with Crippen molar-refractivity contribution >= 4 is 30.7 Å². The third-order valence-corrected chi connectivity index (χ3v) is 2.93. The van der Waals surface area contributed by atoms with E-state index in [1.807, 2.05) is 38.1 Å². The molecule has 7 heteroatoms. The summed E-state index contributed by atoms with van der Waals surface area (Å²) in [6.07, 6.45) is 1.30. The second-order valence-corrected chi connectivity index (χ2v) is 4.51. The molecule has 0 aliphatic carbocycles. The molecule has 0 spiro atoms. The Labute approximate surface area is 142 Å². The van der Waals surface area contributed by atoms with Crippen LogP contribution in [0.3, 0.4) is 0 Å². The Morgan fingerprint density at radius 2 is 1.86 bits per heavy atom. The van der Waals surface area contributed by atoms with Crippen LogP contribution >= 0.6 is 24.8 Å². The van der Waals surface area contributed by atoms with E-state index < -0.39 is 0 Å². The summed E-state index contributed by atoms with van der Waals surface area (Å²) in [6, 6.07) is 7.80. The SMILES string of the molecule is CCNCCNC(=O)c1ncoc1-c1ccc(C)cc1.Cl.Cl. The molecule has 1 aromatic carbocycles. The molecule has 0 aliphatic heterocycles. The summed E-state index contributed by atoms with van der Waals surface area (Å²) in [5.41, 5.74) is 2.33. The van der Waals surface area contributed by atoms with Crippen molar-refractivity contribution in [2.75, 3.05) is 19.6 Å². The van der Waals surface area contributed by atoms with Gasteiger partial charge in [-0.25, -0.2) is 4.98 Å². The van der Waals surface area contributed by atoms with Gasteiger partial charge in [-0.15, -0.1) is 24.8 Å². The molecule has 0 radical (unpaired) electrons. The second-order valence-electron chi connectivity index (χ2n) is 4.51. The Morgan fingerprint density at radius 1 is 1.18 bits per heavy atom. The number of oxazole rings is 1. The summed E-state index contributed by atoms with van der Waals surface area (Å²) < 4.78 is 5.35. The highest BCUT2D eigenvalue weighted by Crippen LogP contribution is 2.23. The lowest BCUT2D eigenvalue weighted by atomic mass is 10.1. The normalized spacial score (nSPS) is 9.55. The molecule has 5 nitrogen and oxygen atoms in total. The molecule has 22 heavy (non-hydrogen) atoms. The third-order valence-electron chi connectivity index (χ3n) is 2.93. The fourth-order valence-corrected chi connectivity index (χ4v) is 1.84. The minimum atomic E-state index is -0.216. The Kier molecular flexibility index (Phi) is 9.49. The highest BCUT2D eigenvalue weighted by atomic mass is 35.5. The van der Waals surface area contributed by atoms with E-state index in [0.717, 1.165) is 24.2 Å². The number of aryl methyl sites for hydroxylation is 1. The molecule has 0 atom stereocenters. The van der Waals surface area contributed by atoms with Crippen LogP contribution in [0.25, 0.3) is 11.3 Å². The average Bonchev–Trinajstić information content (AvgIpc) is 2.93. The van der Waals surface area contributed by atoms with Crippen LogP contribution in [0.15, 0.2) is 35.1 Å². The Morgan fingerprint density at radius 3 is 2.50 bits per heavy atom. The minimum absolute atomic E-state index is 0. The van der Waals surface area contributed by atoms with Gasteiger partial charge in [-0.3, -0.25) is 4.79 Å². The van der Waals surface area contributed by atoms with Crippen LogP contribution in [0.2, 0.25) is 0 Å². The first kappa shape index (κ1) is 20.4. The lowest BCUT2D eigenvalue weighted by molar-refractivity contribution is 0.0950. The minimum Gasteiger partial charge on any atom is -0.443 e. The number of amides is 1. The number of carbonyl (C=O) groups excluding carboxylic acids is 1. The highest BCUT2D eigenvalue weighted by molar-refractivity contribution is 5.97. The standard InChI is InChI=1S/C15H19N3O2.2ClH/c1-3-16-8-9-17-15(19)13-14(20-10-18-13)12-6-4-11(2)5-7-12;;/h4-7,10,16H,3,8-9H2,1-2H3,(H,17,19);2*1H. The van der Waals surface area contributed by atoms with Crippen LogP contribution in [-0.4, -0.2) is 30.5 Å². The topological polar surface area (TPSA) is 67.2 Å². The molecule has 1 aromatic heterocycles. The smallest absolute Gasteiger partial charge is 0.273 e. The second kappa shape index (κ2) is 10.2. The van der Waals surface area contributed by atoms with Crippen molar-refractivity contribution in [1.82, 2.24) is 15.6 Å². The molecular formula is C15H21Cl2N3O2. The van der Waals surface area contributed by atoms with E-state index >= 15 is 0 Å². The molecule has 0 saturated carbocycles. The van der Waals surface area contributed by atoms with Crippen LogP contribution in [0.4, 0.5) is 0 Å². The van der Waals surface area contributed by atoms with Gasteiger partial charge in [0.05, 0.1) is 0 Å². The zero-order valence-corrected chi connectivity index (χ0v) is 14.2. The van der Waals surface area contributed by atoms with Crippen molar-refractivity contribution in [3.05, 3.63) is 41.9 Å². The number of nitrogens with zero attached hydrogens (tertiary/aromatic N) is 1. The first-order chi connectivity index (χ1) is 9.72. The van der Waals surface area contributed by atoms with Gasteiger partial charge in [-0.1, -0.05) is 36.8 Å². The summed E-state index contributed by atoms with van der Waals surface area (Å²) in [6.45, 7) is 6.22. The summed E-state index contributed by atoms with van der Waals surface area (Å²) >= 11 is 0. The molecule has 1 heterocycles. The van der Waals surface area contributed by atoms with Gasteiger partial charge in [0.25, 0.3) is 5.91 Å². The number of hydrogen-bond donors (Lipinski definition) is 2. The van der Waals surface area contributed by atoms with Crippen molar-refractivity contribution in [1.29, 1.82) is 0 Å². The zero-order valence-electron chi connectivity index (χ0n) is 12.6. The van der Waals surface area contributed by atoms with Crippen molar-refractivity contribution in [3.63, 3.8) is 0 Å². The first-order valence-electron chi connectivity index (χ1n) is 6.71. The number of aromatic nitrogens is 1. The van der Waals surface area contributed by atoms with Gasteiger partial charge < -0.3 is 15.1 Å². The average molecular weight is 346 g/mol. The van der Waals surface area contributed by atoms with Gasteiger partial charge in [0, 0.05) is 18.7 Å². The van der Waals surface area contributed by atoms with E-state index in [0.29, 0.717) is 18.0 Å². The fourth-order valence-electron chi connectivity index (χ4n) is 1.84. The van der Waals surface area contributed by atoms with Crippen molar-refractivity contribution in [3.8, 4) is 11.3 Å². The van der Waals surface area contributed by atoms with E-state index in [1.165, 1.54) is 6.39 Å².